The lowest BCUT2D eigenvalue weighted by Crippen LogP contribution is -2.58. The highest BCUT2D eigenvalue weighted by atomic mass is 35.5. The Kier molecular flexibility index (Phi) is 6.75. The molecule has 29 heavy (non-hydrogen) atoms. The molecule has 0 saturated heterocycles. The molecule has 0 bridgehead atoms. The first-order valence-electron chi connectivity index (χ1n) is 9.18. The van der Waals surface area contributed by atoms with Gasteiger partial charge in [-0.2, -0.15) is 0 Å². The Hall–Kier alpha value is -2.38. The van der Waals surface area contributed by atoms with Crippen LogP contribution in [0.25, 0.3) is 0 Å². The molecule has 1 aromatic carbocycles. The fourth-order valence-corrected chi connectivity index (χ4v) is 3.63. The van der Waals surface area contributed by atoms with Crippen LogP contribution in [0.3, 0.4) is 0 Å². The van der Waals surface area contributed by atoms with Crippen molar-refractivity contribution in [1.82, 2.24) is 9.88 Å². The highest BCUT2D eigenvalue weighted by Gasteiger charge is 2.49. The average Bonchev–Trinajstić information content (AvgIpc) is 2.62. The molecule has 2 atom stereocenters. The zero-order valence-electron chi connectivity index (χ0n) is 17.1. The van der Waals surface area contributed by atoms with Crippen molar-refractivity contribution < 1.29 is 24.1 Å². The second kappa shape index (κ2) is 8.55. The summed E-state index contributed by atoms with van der Waals surface area (Å²) in [7, 11) is 0. The van der Waals surface area contributed by atoms with Crippen LogP contribution in [0.5, 0.6) is 5.88 Å². The maximum Gasteiger partial charge on any atom is 0.408 e. The first-order chi connectivity index (χ1) is 13.4. The molecule has 0 spiro atoms. The molecule has 0 fully saturated rings. The van der Waals surface area contributed by atoms with Gasteiger partial charge >= 0.3 is 6.09 Å². The Labute approximate surface area is 174 Å². The van der Waals surface area contributed by atoms with Gasteiger partial charge in [0.25, 0.3) is 0 Å². The number of benzene rings is 1. The van der Waals surface area contributed by atoms with Crippen molar-refractivity contribution in [3.8, 4) is 5.88 Å². The van der Waals surface area contributed by atoms with Crippen molar-refractivity contribution in [2.45, 2.75) is 51.8 Å². The number of pyridine rings is 1. The first kappa shape index (κ1) is 22.9. The lowest BCUT2D eigenvalue weighted by atomic mass is 9.79. The van der Waals surface area contributed by atoms with Gasteiger partial charge < -0.3 is 14.9 Å². The molecule has 2 aromatic rings. The Morgan fingerprint density at radius 3 is 2.38 bits per heavy atom. The molecule has 0 radical (unpaired) electrons. The number of ether oxygens (including phenoxy) is 1. The van der Waals surface area contributed by atoms with Crippen LogP contribution in [0.2, 0.25) is 5.02 Å². The smallest absolute Gasteiger partial charge is 0.408 e. The largest absolute Gasteiger partial charge is 0.478 e. The number of carboxylic acid groups (broad SMARTS) is 1. The summed E-state index contributed by atoms with van der Waals surface area (Å²) in [5.41, 5.74) is -1.74. The van der Waals surface area contributed by atoms with Crippen LogP contribution in [0.15, 0.2) is 36.5 Å². The summed E-state index contributed by atoms with van der Waals surface area (Å²) < 4.78 is 19.4. The maximum atomic E-state index is 14.1. The minimum Gasteiger partial charge on any atom is -0.478 e. The first-order valence-corrected chi connectivity index (χ1v) is 9.56. The average molecular weight is 425 g/mol. The summed E-state index contributed by atoms with van der Waals surface area (Å²) in [6.07, 6.45) is -1.17. The number of carbonyl (C=O) groups is 1. The topological polar surface area (TPSA) is 82.9 Å². The van der Waals surface area contributed by atoms with Gasteiger partial charge in [0.05, 0.1) is 11.6 Å². The summed E-state index contributed by atoms with van der Waals surface area (Å²) in [4.78, 5) is 17.6. The summed E-state index contributed by atoms with van der Waals surface area (Å²) in [6, 6.07) is 7.16. The van der Waals surface area contributed by atoms with Gasteiger partial charge in [0.2, 0.25) is 5.88 Å². The van der Waals surface area contributed by atoms with Crippen molar-refractivity contribution in [3.05, 3.63) is 58.5 Å². The van der Waals surface area contributed by atoms with E-state index in [-0.39, 0.29) is 10.6 Å². The molecule has 2 unspecified atom stereocenters. The molecular weight excluding hydrogens is 399 g/mol. The second-order valence-corrected chi connectivity index (χ2v) is 8.24. The number of hydrogen-bond donors (Lipinski definition) is 2. The molecule has 0 aliphatic heterocycles. The Balaban J connectivity index is 2.69. The second-order valence-electron chi connectivity index (χ2n) is 7.83. The molecule has 158 valence electrons. The third kappa shape index (κ3) is 4.62. The zero-order valence-corrected chi connectivity index (χ0v) is 17.9. The fraction of sp³-hybridized carbons (Fsp3) is 0.429. The van der Waals surface area contributed by atoms with Gasteiger partial charge in [-0.15, -0.1) is 0 Å². The Bertz CT molecular complexity index is 870. The van der Waals surface area contributed by atoms with E-state index in [0.717, 1.165) is 11.0 Å². The van der Waals surface area contributed by atoms with Crippen molar-refractivity contribution in [3.63, 3.8) is 0 Å². The zero-order chi connectivity index (χ0) is 22.0. The van der Waals surface area contributed by atoms with Crippen molar-refractivity contribution in [2.75, 3.05) is 6.61 Å². The van der Waals surface area contributed by atoms with Gasteiger partial charge in [-0.1, -0.05) is 17.7 Å². The van der Waals surface area contributed by atoms with Gasteiger partial charge in [0.1, 0.15) is 17.5 Å². The van der Waals surface area contributed by atoms with Crippen LogP contribution < -0.4 is 4.74 Å². The SMILES string of the molecule is CCOc1ccc(C(C)(C(O)c2ccc(Cl)c(F)c2)N(C(=O)O)C(C)(C)C)cn1. The van der Waals surface area contributed by atoms with E-state index in [0.29, 0.717) is 18.1 Å². The molecule has 2 rings (SSSR count). The Morgan fingerprint density at radius 2 is 1.93 bits per heavy atom. The summed E-state index contributed by atoms with van der Waals surface area (Å²) >= 11 is 5.76. The number of rotatable bonds is 6. The molecule has 8 heteroatoms. The molecule has 0 aliphatic rings. The van der Waals surface area contributed by atoms with Gasteiger partial charge in [0.15, 0.2) is 0 Å². The monoisotopic (exact) mass is 424 g/mol. The van der Waals surface area contributed by atoms with Crippen LogP contribution >= 0.6 is 11.6 Å². The number of amides is 1. The predicted molar refractivity (Wildman–Crippen MR) is 109 cm³/mol. The van der Waals surface area contributed by atoms with E-state index < -0.39 is 29.1 Å². The summed E-state index contributed by atoms with van der Waals surface area (Å²) in [6.45, 7) is 8.99. The highest BCUT2D eigenvalue weighted by Crippen LogP contribution is 2.44. The summed E-state index contributed by atoms with van der Waals surface area (Å²) in [5, 5.41) is 21.2. The fourth-order valence-electron chi connectivity index (χ4n) is 3.51. The number of aliphatic hydroxyl groups is 1. The molecule has 2 N–H and O–H groups in total. The van der Waals surface area contributed by atoms with Crippen LogP contribution in [-0.4, -0.2) is 38.3 Å². The molecule has 6 nitrogen and oxygen atoms in total. The molecule has 1 amide bonds. The molecule has 0 aliphatic carbocycles. The highest BCUT2D eigenvalue weighted by molar-refractivity contribution is 6.30. The van der Waals surface area contributed by atoms with E-state index >= 15 is 0 Å². The normalized spacial score (nSPS) is 14.8. The number of aromatic nitrogens is 1. The van der Waals surface area contributed by atoms with E-state index in [1.807, 2.05) is 6.92 Å². The Morgan fingerprint density at radius 1 is 1.28 bits per heavy atom. The van der Waals surface area contributed by atoms with E-state index in [2.05, 4.69) is 4.98 Å². The third-order valence-electron chi connectivity index (χ3n) is 4.73. The quantitative estimate of drug-likeness (QED) is 0.681. The maximum absolute atomic E-state index is 14.1. The predicted octanol–water partition coefficient (Wildman–Crippen LogP) is 5.00. The van der Waals surface area contributed by atoms with E-state index in [9.17, 15) is 19.4 Å². The standard InChI is InChI=1S/C21H26ClFN2O4/c1-6-29-17-10-8-14(12-24-17)21(5,25(19(27)28)20(2,3)4)18(26)13-7-9-15(22)16(23)11-13/h7-12,18,26H,6H2,1-5H3,(H,27,28). The number of aliphatic hydroxyl groups excluding tert-OH is 1. The molecule has 0 saturated carbocycles. The van der Waals surface area contributed by atoms with Crippen LogP contribution in [-0.2, 0) is 5.54 Å². The van der Waals surface area contributed by atoms with Gasteiger partial charge in [-0.25, -0.2) is 14.2 Å². The minimum absolute atomic E-state index is 0.0868. The van der Waals surface area contributed by atoms with E-state index in [1.54, 1.807) is 39.8 Å². The van der Waals surface area contributed by atoms with Crippen molar-refractivity contribution >= 4 is 17.7 Å². The van der Waals surface area contributed by atoms with E-state index in [1.165, 1.54) is 18.3 Å². The van der Waals surface area contributed by atoms with Gasteiger partial charge in [-0.3, -0.25) is 4.90 Å². The molecule has 1 heterocycles. The minimum atomic E-state index is -1.48. The third-order valence-corrected chi connectivity index (χ3v) is 5.04. The lowest BCUT2D eigenvalue weighted by Gasteiger charge is -2.49. The summed E-state index contributed by atoms with van der Waals surface area (Å²) in [5.74, 6) is -0.323. The number of hydrogen-bond acceptors (Lipinski definition) is 4. The van der Waals surface area contributed by atoms with Crippen LogP contribution in [0.4, 0.5) is 9.18 Å². The van der Waals surface area contributed by atoms with Crippen molar-refractivity contribution in [2.24, 2.45) is 0 Å². The van der Waals surface area contributed by atoms with Gasteiger partial charge in [0, 0.05) is 17.8 Å². The van der Waals surface area contributed by atoms with Crippen LogP contribution in [0, 0.1) is 5.82 Å². The number of halogens is 2. The number of nitrogens with zero attached hydrogens (tertiary/aromatic N) is 2. The van der Waals surface area contributed by atoms with Crippen molar-refractivity contribution in [1.29, 1.82) is 0 Å². The lowest BCUT2D eigenvalue weighted by molar-refractivity contribution is -0.0567. The molecule has 1 aromatic heterocycles. The van der Waals surface area contributed by atoms with E-state index in [4.69, 9.17) is 16.3 Å². The molecular formula is C21H26ClFN2O4. The van der Waals surface area contributed by atoms with Gasteiger partial charge in [-0.05, 0) is 63.9 Å². The van der Waals surface area contributed by atoms with Crippen LogP contribution in [0.1, 0.15) is 51.8 Å².